The van der Waals surface area contributed by atoms with Crippen LogP contribution in [0.15, 0.2) is 35.5 Å². The molecule has 3 heteroatoms. The first-order valence-corrected chi connectivity index (χ1v) is 9.17. The molecule has 0 saturated heterocycles. The van der Waals surface area contributed by atoms with Crippen LogP contribution in [0.3, 0.4) is 0 Å². The summed E-state index contributed by atoms with van der Waals surface area (Å²) in [5, 5.41) is 9.33. The number of hydrogen-bond donors (Lipinski definition) is 1. The van der Waals surface area contributed by atoms with E-state index in [2.05, 4.69) is 32.1 Å². The number of rotatable bonds is 2. The van der Waals surface area contributed by atoms with Crippen molar-refractivity contribution in [2.75, 3.05) is 6.61 Å². The van der Waals surface area contributed by atoms with Crippen LogP contribution in [0.25, 0.3) is 0 Å². The predicted octanol–water partition coefficient (Wildman–Crippen LogP) is 3.39. The second-order valence-electron chi connectivity index (χ2n) is 8.51. The van der Waals surface area contributed by atoms with Gasteiger partial charge in [0.15, 0.2) is 11.6 Å². The molecule has 0 aromatic heterocycles. The maximum Gasteiger partial charge on any atom is 0.161 e. The molecule has 24 heavy (non-hydrogen) atoms. The number of fused-ring (bicyclic) bond motifs is 5. The maximum absolute atomic E-state index is 12.2. The first-order valence-electron chi connectivity index (χ1n) is 9.17. The summed E-state index contributed by atoms with van der Waals surface area (Å²) in [6, 6.07) is 0. The van der Waals surface area contributed by atoms with Crippen LogP contribution < -0.4 is 0 Å². The lowest BCUT2D eigenvalue weighted by Crippen LogP contribution is -2.44. The van der Waals surface area contributed by atoms with Crippen molar-refractivity contribution in [3.8, 4) is 0 Å². The van der Waals surface area contributed by atoms with Gasteiger partial charge in [-0.05, 0) is 48.7 Å². The van der Waals surface area contributed by atoms with Gasteiger partial charge in [0.1, 0.15) is 6.61 Å². The van der Waals surface area contributed by atoms with Crippen LogP contribution in [0, 0.1) is 28.6 Å². The third-order valence-electron chi connectivity index (χ3n) is 7.45. The van der Waals surface area contributed by atoms with Gasteiger partial charge in [0.25, 0.3) is 0 Å². The van der Waals surface area contributed by atoms with Gasteiger partial charge in [-0.3, -0.25) is 9.59 Å². The standard InChI is InChI=1S/C21H26O3/c1-20-9-7-14(23)11-13(20)3-4-15-16-5-6-18(19(24)12-22)21(16,2)10-8-17(15)20/h3-4,8,11,15-16,18,22H,5-7,9-10,12H2,1-2H3/t15-,16-,18+,20-,21-/m0/s1. The highest BCUT2D eigenvalue weighted by Gasteiger charge is 2.56. The molecule has 0 spiro atoms. The largest absolute Gasteiger partial charge is 0.389 e. The van der Waals surface area contributed by atoms with E-state index in [-0.39, 0.29) is 34.9 Å². The van der Waals surface area contributed by atoms with E-state index in [0.717, 1.165) is 31.3 Å². The fourth-order valence-corrected chi connectivity index (χ4v) is 5.97. The summed E-state index contributed by atoms with van der Waals surface area (Å²) in [6.45, 7) is 4.18. The van der Waals surface area contributed by atoms with E-state index in [1.54, 1.807) is 0 Å². The summed E-state index contributed by atoms with van der Waals surface area (Å²) in [6.07, 6.45) is 13.0. The van der Waals surface area contributed by atoms with Crippen molar-refractivity contribution in [1.82, 2.24) is 0 Å². The number of hydrogen-bond acceptors (Lipinski definition) is 3. The molecule has 0 aromatic carbocycles. The van der Waals surface area contributed by atoms with E-state index >= 15 is 0 Å². The van der Waals surface area contributed by atoms with E-state index < -0.39 is 0 Å². The van der Waals surface area contributed by atoms with Gasteiger partial charge in [-0.1, -0.05) is 37.6 Å². The Hall–Kier alpha value is -1.48. The highest BCUT2D eigenvalue weighted by atomic mass is 16.3. The molecule has 0 bridgehead atoms. The Kier molecular flexibility index (Phi) is 3.51. The molecule has 0 unspecified atom stereocenters. The third kappa shape index (κ3) is 2.00. The Morgan fingerprint density at radius 3 is 2.88 bits per heavy atom. The molecule has 1 saturated carbocycles. The molecule has 3 nitrogen and oxygen atoms in total. The molecule has 128 valence electrons. The van der Waals surface area contributed by atoms with E-state index in [1.807, 2.05) is 6.08 Å². The Balaban J connectivity index is 1.75. The molecule has 5 atom stereocenters. The second kappa shape index (κ2) is 5.26. The Morgan fingerprint density at radius 2 is 2.12 bits per heavy atom. The van der Waals surface area contributed by atoms with Gasteiger partial charge < -0.3 is 5.11 Å². The van der Waals surface area contributed by atoms with Crippen molar-refractivity contribution in [1.29, 1.82) is 0 Å². The lowest BCUT2D eigenvalue weighted by molar-refractivity contribution is -0.129. The maximum atomic E-state index is 12.2. The number of Topliss-reactive ketones (excluding diaryl/α,β-unsaturated/α-hetero) is 1. The van der Waals surface area contributed by atoms with Crippen LogP contribution in [0.2, 0.25) is 0 Å². The molecular weight excluding hydrogens is 300 g/mol. The Labute approximate surface area is 143 Å². The van der Waals surface area contributed by atoms with E-state index in [9.17, 15) is 14.7 Å². The first-order chi connectivity index (χ1) is 11.4. The van der Waals surface area contributed by atoms with Crippen molar-refractivity contribution < 1.29 is 14.7 Å². The number of carbonyl (C=O) groups excluding carboxylic acids is 2. The summed E-state index contributed by atoms with van der Waals surface area (Å²) >= 11 is 0. The highest BCUT2D eigenvalue weighted by molar-refractivity contribution is 5.92. The average molecular weight is 326 g/mol. The molecule has 4 aliphatic rings. The van der Waals surface area contributed by atoms with Gasteiger partial charge >= 0.3 is 0 Å². The Morgan fingerprint density at radius 1 is 1.33 bits per heavy atom. The molecular formula is C21H26O3. The normalized spacial score (nSPS) is 43.5. The number of aliphatic hydroxyl groups excluding tert-OH is 1. The predicted molar refractivity (Wildman–Crippen MR) is 92.2 cm³/mol. The minimum Gasteiger partial charge on any atom is -0.389 e. The van der Waals surface area contributed by atoms with Crippen LogP contribution in [0.5, 0.6) is 0 Å². The van der Waals surface area contributed by atoms with Crippen molar-refractivity contribution in [2.24, 2.45) is 28.6 Å². The first kappa shape index (κ1) is 16.0. The monoisotopic (exact) mass is 326 g/mol. The average Bonchev–Trinajstić information content (AvgIpc) is 2.92. The van der Waals surface area contributed by atoms with Gasteiger partial charge in [-0.25, -0.2) is 0 Å². The Bertz CT molecular complexity index is 698. The van der Waals surface area contributed by atoms with Gasteiger partial charge in [-0.2, -0.15) is 0 Å². The van der Waals surface area contributed by atoms with Gasteiger partial charge in [0.05, 0.1) is 0 Å². The van der Waals surface area contributed by atoms with E-state index in [1.165, 1.54) is 5.57 Å². The highest BCUT2D eigenvalue weighted by Crippen LogP contribution is 2.62. The van der Waals surface area contributed by atoms with Crippen molar-refractivity contribution in [2.45, 2.75) is 46.0 Å². The van der Waals surface area contributed by atoms with E-state index in [0.29, 0.717) is 18.3 Å². The zero-order chi connectivity index (χ0) is 17.1. The summed E-state index contributed by atoms with van der Waals surface area (Å²) in [5.74, 6) is 1.06. The molecule has 1 N–H and O–H groups in total. The molecule has 4 rings (SSSR count). The molecule has 0 aliphatic heterocycles. The molecule has 0 aromatic rings. The van der Waals surface area contributed by atoms with Gasteiger partial charge in [0, 0.05) is 23.7 Å². The van der Waals surface area contributed by atoms with Crippen LogP contribution in [0.1, 0.15) is 46.0 Å². The number of carbonyl (C=O) groups is 2. The molecule has 0 amide bonds. The lowest BCUT2D eigenvalue weighted by Gasteiger charge is -2.51. The SMILES string of the molecule is C[C@]12CCC(=O)C=C1C=C[C@@H]1C2=CC[C@]2(C)[C@@H](C(=O)CO)CC[C@@H]12. The quantitative estimate of drug-likeness (QED) is 0.791. The van der Waals surface area contributed by atoms with Gasteiger partial charge in [0.2, 0.25) is 0 Å². The second-order valence-corrected chi connectivity index (χ2v) is 8.51. The van der Waals surface area contributed by atoms with Gasteiger partial charge in [-0.15, -0.1) is 0 Å². The zero-order valence-electron chi connectivity index (χ0n) is 14.5. The van der Waals surface area contributed by atoms with Crippen molar-refractivity contribution in [3.63, 3.8) is 0 Å². The van der Waals surface area contributed by atoms with Crippen LogP contribution in [-0.2, 0) is 9.59 Å². The fraction of sp³-hybridized carbons (Fsp3) is 0.619. The van der Waals surface area contributed by atoms with Crippen LogP contribution >= 0.6 is 0 Å². The topological polar surface area (TPSA) is 54.4 Å². The molecule has 1 fully saturated rings. The zero-order valence-corrected chi connectivity index (χ0v) is 14.5. The molecule has 0 radical (unpaired) electrons. The van der Waals surface area contributed by atoms with Crippen molar-refractivity contribution >= 4 is 11.6 Å². The number of ketones is 2. The summed E-state index contributed by atoms with van der Waals surface area (Å²) in [7, 11) is 0. The number of allylic oxidation sites excluding steroid dienone is 6. The number of aliphatic hydroxyl groups is 1. The summed E-state index contributed by atoms with van der Waals surface area (Å²) in [4.78, 5) is 24.0. The fourth-order valence-electron chi connectivity index (χ4n) is 5.97. The summed E-state index contributed by atoms with van der Waals surface area (Å²) < 4.78 is 0. The van der Waals surface area contributed by atoms with Crippen LogP contribution in [0.4, 0.5) is 0 Å². The van der Waals surface area contributed by atoms with Crippen LogP contribution in [-0.4, -0.2) is 23.3 Å². The molecule has 0 heterocycles. The minimum atomic E-state index is -0.337. The van der Waals surface area contributed by atoms with E-state index in [4.69, 9.17) is 0 Å². The summed E-state index contributed by atoms with van der Waals surface area (Å²) in [5.41, 5.74) is 2.56. The minimum absolute atomic E-state index is 0.00620. The van der Waals surface area contributed by atoms with Crippen molar-refractivity contribution in [3.05, 3.63) is 35.5 Å². The third-order valence-corrected chi connectivity index (χ3v) is 7.45. The lowest BCUT2D eigenvalue weighted by atomic mass is 9.53. The smallest absolute Gasteiger partial charge is 0.161 e. The molecule has 4 aliphatic carbocycles.